The Hall–Kier alpha value is -2.90. The van der Waals surface area contributed by atoms with Gasteiger partial charge in [0, 0.05) is 12.8 Å². The molecule has 8 nitrogen and oxygen atoms in total. The first kappa shape index (κ1) is 29.7. The van der Waals surface area contributed by atoms with Crippen molar-refractivity contribution in [1.29, 1.82) is 0 Å². The summed E-state index contributed by atoms with van der Waals surface area (Å²) in [5.41, 5.74) is 2.32. The maximum Gasteiger partial charge on any atom is 0.210 e. The molecule has 1 aromatic carbocycles. The molecule has 0 fully saturated rings. The van der Waals surface area contributed by atoms with E-state index in [1.165, 1.54) is 0 Å². The van der Waals surface area contributed by atoms with E-state index in [1.54, 1.807) is 0 Å². The van der Waals surface area contributed by atoms with E-state index in [-0.39, 0.29) is 36.0 Å². The fraction of sp³-hybridized carbons (Fsp3) is 0.667. The number of benzene rings is 1. The Morgan fingerprint density at radius 1 is 0.526 bits per heavy atom. The molecule has 8 heteroatoms. The third-order valence-corrected chi connectivity index (χ3v) is 6.49. The van der Waals surface area contributed by atoms with Crippen LogP contribution in [0.25, 0.3) is 0 Å². The zero-order valence-corrected chi connectivity index (χ0v) is 24.4. The Morgan fingerprint density at radius 3 is 1.13 bits per heavy atom. The molecule has 2 aliphatic rings. The van der Waals surface area contributed by atoms with Crippen LogP contribution in [0.4, 0.5) is 0 Å². The third-order valence-electron chi connectivity index (χ3n) is 6.49. The summed E-state index contributed by atoms with van der Waals surface area (Å²) in [6.07, 6.45) is 1.39. The summed E-state index contributed by atoms with van der Waals surface area (Å²) in [5, 5.41) is 0. The second-order valence-corrected chi connectivity index (χ2v) is 10.2. The van der Waals surface area contributed by atoms with Crippen LogP contribution in [0.15, 0.2) is 44.2 Å². The number of rotatable bonds is 10. The van der Waals surface area contributed by atoms with Gasteiger partial charge in [0.1, 0.15) is 24.2 Å². The molecule has 0 saturated heterocycles. The molecule has 0 N–H and O–H groups in total. The van der Waals surface area contributed by atoms with Gasteiger partial charge in [-0.3, -0.25) is 0 Å². The van der Waals surface area contributed by atoms with E-state index in [2.05, 4.69) is 52.0 Å². The van der Waals surface area contributed by atoms with Crippen LogP contribution in [0, 0.1) is 11.8 Å². The lowest BCUT2D eigenvalue weighted by Gasteiger charge is -2.28. The standard InChI is InChI=1S/C30H46N4O4/c1-9-35-27-23(31-29(37-11-3)25(33-27)19(5)6)17-21-13-15-22(16-14-21)18-24-28(36-10-2)34-26(20(7)8)30(32-24)38-12-4/h13-16,19-20,23-26H,9-12,17-18H2,1-8H3/t23-,24-,25?,26?/m1/s1. The third kappa shape index (κ3) is 7.58. The Labute approximate surface area is 228 Å². The molecule has 0 bridgehead atoms. The van der Waals surface area contributed by atoms with Gasteiger partial charge >= 0.3 is 0 Å². The molecule has 3 rings (SSSR count). The summed E-state index contributed by atoms with van der Waals surface area (Å²) >= 11 is 0. The van der Waals surface area contributed by atoms with Crippen LogP contribution in [0.5, 0.6) is 0 Å². The number of ether oxygens (including phenoxy) is 4. The minimum atomic E-state index is -0.196. The highest BCUT2D eigenvalue weighted by atomic mass is 16.5. The van der Waals surface area contributed by atoms with Gasteiger partial charge in [-0.05, 0) is 50.7 Å². The van der Waals surface area contributed by atoms with Crippen molar-refractivity contribution in [3.63, 3.8) is 0 Å². The predicted octanol–water partition coefficient (Wildman–Crippen LogP) is 5.33. The average Bonchev–Trinajstić information content (AvgIpc) is 2.88. The Balaban J connectivity index is 1.77. The number of nitrogens with zero attached hydrogens (tertiary/aromatic N) is 4. The summed E-state index contributed by atoms with van der Waals surface area (Å²) in [6.45, 7) is 18.7. The molecule has 2 aliphatic heterocycles. The zero-order valence-electron chi connectivity index (χ0n) is 24.4. The normalized spacial score (nSPS) is 23.4. The van der Waals surface area contributed by atoms with Gasteiger partial charge in [-0.25, -0.2) is 20.0 Å². The maximum absolute atomic E-state index is 5.92. The number of hydrogen-bond acceptors (Lipinski definition) is 8. The SMILES string of the molecule is CCOC1=N[C@H](Cc2ccc(C[C@H]3N=C(OCC)C(C(C)C)N=C3OCC)cc2)C(OCC)=NC1C(C)C. The Kier molecular flexibility index (Phi) is 11.2. The van der Waals surface area contributed by atoms with Crippen molar-refractivity contribution in [2.24, 2.45) is 31.8 Å². The summed E-state index contributed by atoms with van der Waals surface area (Å²) in [5.74, 6) is 3.35. The molecule has 2 heterocycles. The van der Waals surface area contributed by atoms with Gasteiger partial charge in [0.2, 0.25) is 23.6 Å². The molecular formula is C30H46N4O4. The van der Waals surface area contributed by atoms with Gasteiger partial charge in [0.15, 0.2) is 0 Å². The van der Waals surface area contributed by atoms with Crippen molar-refractivity contribution in [2.45, 2.75) is 92.4 Å². The quantitative estimate of drug-likeness (QED) is 0.413. The monoisotopic (exact) mass is 526 g/mol. The van der Waals surface area contributed by atoms with E-state index in [9.17, 15) is 0 Å². The van der Waals surface area contributed by atoms with Crippen LogP contribution in [-0.4, -0.2) is 74.2 Å². The summed E-state index contributed by atoms with van der Waals surface area (Å²) in [6, 6.07) is 7.98. The van der Waals surface area contributed by atoms with E-state index in [4.69, 9.17) is 38.9 Å². The van der Waals surface area contributed by atoms with E-state index < -0.39 is 0 Å². The first-order chi connectivity index (χ1) is 18.3. The molecule has 0 aromatic heterocycles. The molecule has 210 valence electrons. The molecule has 0 amide bonds. The topological polar surface area (TPSA) is 86.4 Å². The van der Waals surface area contributed by atoms with Gasteiger partial charge in [0.05, 0.1) is 26.4 Å². The van der Waals surface area contributed by atoms with Gasteiger partial charge in [-0.15, -0.1) is 0 Å². The Morgan fingerprint density at radius 2 is 0.842 bits per heavy atom. The first-order valence-electron chi connectivity index (χ1n) is 14.2. The van der Waals surface area contributed by atoms with E-state index >= 15 is 0 Å². The van der Waals surface area contributed by atoms with Crippen LogP contribution in [0.2, 0.25) is 0 Å². The van der Waals surface area contributed by atoms with Gasteiger partial charge in [0.25, 0.3) is 0 Å². The first-order valence-corrected chi connectivity index (χ1v) is 14.2. The van der Waals surface area contributed by atoms with Crippen molar-refractivity contribution < 1.29 is 18.9 Å². The lowest BCUT2D eigenvalue weighted by atomic mass is 9.98. The zero-order chi connectivity index (χ0) is 27.7. The molecule has 0 spiro atoms. The second-order valence-electron chi connectivity index (χ2n) is 10.2. The lowest BCUT2D eigenvalue weighted by molar-refractivity contribution is 0.275. The van der Waals surface area contributed by atoms with Gasteiger partial charge in [-0.2, -0.15) is 0 Å². The van der Waals surface area contributed by atoms with Gasteiger partial charge < -0.3 is 18.9 Å². The molecular weight excluding hydrogens is 480 g/mol. The molecule has 4 atom stereocenters. The van der Waals surface area contributed by atoms with Crippen LogP contribution < -0.4 is 0 Å². The van der Waals surface area contributed by atoms with E-state index in [0.29, 0.717) is 62.9 Å². The number of hydrogen-bond donors (Lipinski definition) is 0. The molecule has 38 heavy (non-hydrogen) atoms. The van der Waals surface area contributed by atoms with E-state index in [1.807, 2.05) is 27.7 Å². The molecule has 0 saturated carbocycles. The summed E-state index contributed by atoms with van der Waals surface area (Å²) in [7, 11) is 0. The number of aliphatic imine (C=N–C) groups is 4. The summed E-state index contributed by atoms with van der Waals surface area (Å²) in [4.78, 5) is 19.7. The van der Waals surface area contributed by atoms with Crippen molar-refractivity contribution >= 4 is 23.6 Å². The van der Waals surface area contributed by atoms with E-state index in [0.717, 1.165) is 11.1 Å². The van der Waals surface area contributed by atoms with Crippen molar-refractivity contribution in [3.05, 3.63) is 35.4 Å². The highest BCUT2D eigenvalue weighted by molar-refractivity contribution is 5.95. The Bertz CT molecular complexity index is 933. The lowest BCUT2D eigenvalue weighted by Crippen LogP contribution is -2.39. The summed E-state index contributed by atoms with van der Waals surface area (Å²) < 4.78 is 23.6. The molecule has 0 aliphatic carbocycles. The molecule has 2 unspecified atom stereocenters. The molecule has 0 radical (unpaired) electrons. The fourth-order valence-electron chi connectivity index (χ4n) is 4.62. The largest absolute Gasteiger partial charge is 0.480 e. The second kappa shape index (κ2) is 14.3. The predicted molar refractivity (Wildman–Crippen MR) is 155 cm³/mol. The fourth-order valence-corrected chi connectivity index (χ4v) is 4.62. The highest BCUT2D eigenvalue weighted by Crippen LogP contribution is 2.23. The minimum absolute atomic E-state index is 0.107. The smallest absolute Gasteiger partial charge is 0.210 e. The van der Waals surface area contributed by atoms with Crippen molar-refractivity contribution in [3.8, 4) is 0 Å². The van der Waals surface area contributed by atoms with Crippen molar-refractivity contribution in [2.75, 3.05) is 26.4 Å². The van der Waals surface area contributed by atoms with Crippen LogP contribution in [0.3, 0.4) is 0 Å². The average molecular weight is 527 g/mol. The van der Waals surface area contributed by atoms with Crippen LogP contribution in [-0.2, 0) is 31.8 Å². The van der Waals surface area contributed by atoms with Crippen molar-refractivity contribution in [1.82, 2.24) is 0 Å². The van der Waals surface area contributed by atoms with Gasteiger partial charge in [-0.1, -0.05) is 52.0 Å². The highest BCUT2D eigenvalue weighted by Gasteiger charge is 2.33. The maximum atomic E-state index is 5.92. The molecule has 1 aromatic rings. The minimum Gasteiger partial charge on any atom is -0.480 e. The van der Waals surface area contributed by atoms with Crippen LogP contribution in [0.1, 0.15) is 66.5 Å². The van der Waals surface area contributed by atoms with Crippen LogP contribution >= 0.6 is 0 Å².